The number of nitrogens with one attached hydrogen (secondary N) is 2. The fraction of sp³-hybridized carbons (Fsp3) is 0. The summed E-state index contributed by atoms with van der Waals surface area (Å²) >= 11 is 6.77. The molecular weight excluding hydrogens is 364 g/mol. The second-order valence-electron chi connectivity index (χ2n) is 3.14. The Morgan fingerprint density at radius 1 is 1.39 bits per heavy atom. The van der Waals surface area contributed by atoms with Crippen molar-refractivity contribution >= 4 is 54.3 Å². The third-order valence-corrected chi connectivity index (χ3v) is 3.49. The topological polar surface area (TPSA) is 101 Å². The van der Waals surface area contributed by atoms with E-state index in [1.165, 1.54) is 0 Å². The molecule has 2 N–H and O–H groups in total. The van der Waals surface area contributed by atoms with E-state index in [0.717, 1.165) is 15.5 Å². The SMILES string of the molecule is N#CC(C#N)=NNc1c(Br)cc2[nH]cnc2c1Br. The zero-order valence-corrected chi connectivity index (χ0v) is 11.9. The molecule has 0 unspecified atom stereocenters. The minimum atomic E-state index is -0.254. The molecule has 6 nitrogen and oxygen atoms in total. The summed E-state index contributed by atoms with van der Waals surface area (Å²) < 4.78 is 1.41. The summed E-state index contributed by atoms with van der Waals surface area (Å²) in [5.41, 5.74) is 4.58. The van der Waals surface area contributed by atoms with Crippen LogP contribution < -0.4 is 5.43 Å². The largest absolute Gasteiger partial charge is 0.345 e. The molecule has 0 amide bonds. The van der Waals surface area contributed by atoms with Gasteiger partial charge in [0.1, 0.15) is 17.7 Å². The van der Waals surface area contributed by atoms with Gasteiger partial charge in [-0.05, 0) is 37.9 Å². The molecule has 8 heteroatoms. The number of halogens is 2. The molecule has 0 aliphatic heterocycles. The molecule has 0 radical (unpaired) electrons. The number of H-pyrrole nitrogens is 1. The van der Waals surface area contributed by atoms with E-state index in [4.69, 9.17) is 10.5 Å². The third-order valence-electron chi connectivity index (χ3n) is 2.10. The minimum Gasteiger partial charge on any atom is -0.345 e. The summed E-state index contributed by atoms with van der Waals surface area (Å²) in [5, 5.41) is 20.9. The van der Waals surface area contributed by atoms with Crippen molar-refractivity contribution in [1.29, 1.82) is 10.5 Å². The van der Waals surface area contributed by atoms with Crippen LogP contribution in [0.3, 0.4) is 0 Å². The number of imidazole rings is 1. The Labute approximate surface area is 119 Å². The number of hydrazone groups is 1. The maximum Gasteiger partial charge on any atom is 0.237 e. The molecule has 0 atom stereocenters. The average Bonchev–Trinajstić information content (AvgIpc) is 2.82. The van der Waals surface area contributed by atoms with Gasteiger partial charge in [0.2, 0.25) is 5.71 Å². The van der Waals surface area contributed by atoms with E-state index in [1.807, 2.05) is 6.07 Å². The Balaban J connectivity index is 2.49. The van der Waals surface area contributed by atoms with E-state index in [0.29, 0.717) is 10.2 Å². The highest BCUT2D eigenvalue weighted by Gasteiger charge is 2.11. The maximum absolute atomic E-state index is 8.60. The van der Waals surface area contributed by atoms with Gasteiger partial charge in [0.15, 0.2) is 0 Å². The predicted molar refractivity (Wildman–Crippen MR) is 73.8 cm³/mol. The van der Waals surface area contributed by atoms with Gasteiger partial charge in [-0.2, -0.15) is 15.6 Å². The van der Waals surface area contributed by atoms with Gasteiger partial charge in [-0.15, -0.1) is 0 Å². The number of aromatic amines is 1. The van der Waals surface area contributed by atoms with Crippen LogP contribution in [0.2, 0.25) is 0 Å². The van der Waals surface area contributed by atoms with Crippen LogP contribution in [0.4, 0.5) is 5.69 Å². The van der Waals surface area contributed by atoms with E-state index in [1.54, 1.807) is 18.5 Å². The molecule has 0 aliphatic rings. The highest BCUT2D eigenvalue weighted by atomic mass is 79.9. The lowest BCUT2D eigenvalue weighted by molar-refractivity contribution is 1.32. The Kier molecular flexibility index (Phi) is 3.60. The fourth-order valence-electron chi connectivity index (χ4n) is 1.30. The normalized spacial score (nSPS) is 9.56. The second-order valence-corrected chi connectivity index (χ2v) is 4.79. The van der Waals surface area contributed by atoms with Crippen molar-refractivity contribution in [2.24, 2.45) is 5.10 Å². The highest BCUT2D eigenvalue weighted by molar-refractivity contribution is 9.11. The van der Waals surface area contributed by atoms with Crippen LogP contribution >= 0.6 is 31.9 Å². The van der Waals surface area contributed by atoms with Gasteiger partial charge in [0, 0.05) is 4.47 Å². The monoisotopic (exact) mass is 366 g/mol. The van der Waals surface area contributed by atoms with Crippen LogP contribution in [0.1, 0.15) is 0 Å². The number of nitrogens with zero attached hydrogens (tertiary/aromatic N) is 4. The van der Waals surface area contributed by atoms with Gasteiger partial charge < -0.3 is 4.98 Å². The van der Waals surface area contributed by atoms with Gasteiger partial charge in [-0.1, -0.05) is 0 Å². The summed E-state index contributed by atoms with van der Waals surface area (Å²) in [6, 6.07) is 5.16. The van der Waals surface area contributed by atoms with Crippen molar-refractivity contribution in [3.05, 3.63) is 21.3 Å². The van der Waals surface area contributed by atoms with Crippen molar-refractivity contribution in [1.82, 2.24) is 9.97 Å². The van der Waals surface area contributed by atoms with Crippen molar-refractivity contribution < 1.29 is 0 Å². The van der Waals surface area contributed by atoms with Crippen molar-refractivity contribution in [3.8, 4) is 12.1 Å². The number of nitriles is 2. The number of anilines is 1. The third kappa shape index (κ3) is 2.21. The first kappa shape index (κ1) is 12.6. The quantitative estimate of drug-likeness (QED) is 0.629. The lowest BCUT2D eigenvalue weighted by atomic mass is 10.3. The highest BCUT2D eigenvalue weighted by Crippen LogP contribution is 2.36. The molecule has 0 saturated heterocycles. The molecule has 1 aromatic heterocycles. The van der Waals surface area contributed by atoms with E-state index in [-0.39, 0.29) is 5.71 Å². The molecule has 1 heterocycles. The first-order valence-electron chi connectivity index (χ1n) is 4.62. The van der Waals surface area contributed by atoms with E-state index < -0.39 is 0 Å². The van der Waals surface area contributed by atoms with Crippen LogP contribution in [0, 0.1) is 22.7 Å². The molecule has 18 heavy (non-hydrogen) atoms. The molecule has 0 fully saturated rings. The van der Waals surface area contributed by atoms with Crippen LogP contribution in [0.5, 0.6) is 0 Å². The van der Waals surface area contributed by atoms with E-state index in [9.17, 15) is 0 Å². The van der Waals surface area contributed by atoms with E-state index >= 15 is 0 Å². The van der Waals surface area contributed by atoms with Crippen molar-refractivity contribution in [3.63, 3.8) is 0 Å². The zero-order chi connectivity index (χ0) is 13.1. The molecule has 0 spiro atoms. The summed E-state index contributed by atoms with van der Waals surface area (Å²) in [5.74, 6) is 0. The summed E-state index contributed by atoms with van der Waals surface area (Å²) in [6.07, 6.45) is 1.57. The second kappa shape index (κ2) is 5.17. The fourth-order valence-corrected chi connectivity index (χ4v) is 2.70. The Hall–Kier alpha value is -1.90. The predicted octanol–water partition coefficient (Wildman–Crippen LogP) is 2.90. The van der Waals surface area contributed by atoms with Gasteiger partial charge in [-0.3, -0.25) is 5.43 Å². The summed E-state index contributed by atoms with van der Waals surface area (Å²) in [7, 11) is 0. The van der Waals surface area contributed by atoms with Gasteiger partial charge in [-0.25, -0.2) is 4.98 Å². The number of benzene rings is 1. The average molecular weight is 368 g/mol. The van der Waals surface area contributed by atoms with Crippen LogP contribution in [0.15, 0.2) is 26.4 Å². The van der Waals surface area contributed by atoms with Crippen LogP contribution in [-0.2, 0) is 0 Å². The Morgan fingerprint density at radius 2 is 2.11 bits per heavy atom. The van der Waals surface area contributed by atoms with Crippen molar-refractivity contribution in [2.75, 3.05) is 5.43 Å². The molecule has 2 rings (SSSR count). The summed E-state index contributed by atoms with van der Waals surface area (Å²) in [4.78, 5) is 7.12. The molecule has 2 aromatic rings. The molecule has 1 aromatic carbocycles. The molecule has 0 aliphatic carbocycles. The standard InChI is InChI=1S/C10H4Br2N6/c11-6-1-7-10(16-4-15-7)8(12)9(6)18-17-5(2-13)3-14/h1,4,18H,(H,15,16). The summed E-state index contributed by atoms with van der Waals surface area (Å²) in [6.45, 7) is 0. The van der Waals surface area contributed by atoms with E-state index in [2.05, 4.69) is 52.4 Å². The molecule has 0 saturated carbocycles. The molecular formula is C10H4Br2N6. The Bertz CT molecular complexity index is 702. The minimum absolute atomic E-state index is 0.254. The lowest BCUT2D eigenvalue weighted by Gasteiger charge is -2.06. The number of hydrogen-bond acceptors (Lipinski definition) is 5. The number of rotatable bonds is 2. The molecule has 88 valence electrons. The first-order valence-corrected chi connectivity index (χ1v) is 6.21. The number of hydrogen-bond donors (Lipinski definition) is 2. The maximum atomic E-state index is 8.60. The van der Waals surface area contributed by atoms with Gasteiger partial charge in [0.05, 0.1) is 22.0 Å². The van der Waals surface area contributed by atoms with Crippen molar-refractivity contribution in [2.45, 2.75) is 0 Å². The first-order chi connectivity index (χ1) is 8.67. The number of aromatic nitrogens is 2. The van der Waals surface area contributed by atoms with Gasteiger partial charge in [0.25, 0.3) is 0 Å². The molecule has 0 bridgehead atoms. The smallest absolute Gasteiger partial charge is 0.237 e. The Morgan fingerprint density at radius 3 is 2.78 bits per heavy atom. The zero-order valence-electron chi connectivity index (χ0n) is 8.70. The van der Waals surface area contributed by atoms with Crippen LogP contribution in [0.25, 0.3) is 11.0 Å². The lowest BCUT2D eigenvalue weighted by Crippen LogP contribution is -1.98. The van der Waals surface area contributed by atoms with Gasteiger partial charge >= 0.3 is 0 Å². The number of fused-ring (bicyclic) bond motifs is 1. The van der Waals surface area contributed by atoms with Crippen LogP contribution in [-0.4, -0.2) is 15.7 Å².